The Morgan fingerprint density at radius 1 is 1.35 bits per heavy atom. The lowest BCUT2D eigenvalue weighted by Gasteiger charge is -2.21. The molecule has 2 heterocycles. The number of amides is 1. The molecular weight excluding hydrogens is 373 g/mol. The van der Waals surface area contributed by atoms with Crippen LogP contribution in [0.25, 0.3) is 10.1 Å². The number of anilines is 1. The van der Waals surface area contributed by atoms with Gasteiger partial charge in [0.15, 0.2) is 0 Å². The van der Waals surface area contributed by atoms with E-state index in [0.717, 1.165) is 27.8 Å². The molecule has 4 rings (SSSR count). The zero-order valence-corrected chi connectivity index (χ0v) is 15.8. The second-order valence-electron chi connectivity index (χ2n) is 6.43. The number of rotatable bonds is 4. The fourth-order valence-electron chi connectivity index (χ4n) is 3.19. The van der Waals surface area contributed by atoms with Crippen molar-refractivity contribution < 1.29 is 9.18 Å². The highest BCUT2D eigenvalue weighted by molar-refractivity contribution is 8.00. The number of thiophene rings is 1. The quantitative estimate of drug-likeness (QED) is 0.682. The number of aryl methyl sites for hydroxylation is 1. The Bertz CT molecular complexity index is 934. The van der Waals surface area contributed by atoms with Gasteiger partial charge in [0.05, 0.1) is 0 Å². The van der Waals surface area contributed by atoms with E-state index in [1.807, 2.05) is 6.07 Å². The summed E-state index contributed by atoms with van der Waals surface area (Å²) in [6, 6.07) is 3.36. The minimum atomic E-state index is -0.288. The van der Waals surface area contributed by atoms with Crippen molar-refractivity contribution in [1.29, 1.82) is 0 Å². The first kappa shape index (κ1) is 17.4. The van der Waals surface area contributed by atoms with E-state index in [9.17, 15) is 9.18 Å². The number of aromatic amines is 1. The highest BCUT2D eigenvalue weighted by Gasteiger charge is 2.24. The first-order valence-corrected chi connectivity index (χ1v) is 10.3. The molecular formula is C17H18FN5OS2. The summed E-state index contributed by atoms with van der Waals surface area (Å²) in [6.45, 7) is 1.75. The second-order valence-corrected chi connectivity index (χ2v) is 8.79. The van der Waals surface area contributed by atoms with E-state index in [4.69, 9.17) is 0 Å². The van der Waals surface area contributed by atoms with Crippen LogP contribution in [-0.2, 0) is 0 Å². The number of nitrogens with zero attached hydrogens (tertiary/aromatic N) is 3. The summed E-state index contributed by atoms with van der Waals surface area (Å²) in [5.74, 6) is -0.412. The topological polar surface area (TPSA) is 83.6 Å². The molecule has 2 N–H and O–H groups in total. The van der Waals surface area contributed by atoms with Crippen LogP contribution >= 0.6 is 23.1 Å². The van der Waals surface area contributed by atoms with Crippen molar-refractivity contribution in [2.45, 2.75) is 49.2 Å². The summed E-state index contributed by atoms with van der Waals surface area (Å²) < 4.78 is 14.8. The molecule has 1 aliphatic rings. The number of nitrogens with one attached hydrogen (secondary N) is 2. The van der Waals surface area contributed by atoms with Gasteiger partial charge in [-0.15, -0.1) is 28.2 Å². The smallest absolute Gasteiger partial charge is 0.270 e. The Morgan fingerprint density at radius 3 is 2.88 bits per heavy atom. The highest BCUT2D eigenvalue weighted by atomic mass is 32.2. The van der Waals surface area contributed by atoms with E-state index in [1.165, 1.54) is 36.7 Å². The summed E-state index contributed by atoms with van der Waals surface area (Å²) in [4.78, 5) is 14.3. The molecule has 0 atom stereocenters. The lowest BCUT2D eigenvalue weighted by molar-refractivity contribution is 0.102. The van der Waals surface area contributed by atoms with E-state index in [1.54, 1.807) is 18.7 Å². The number of carbonyl (C=O) groups excluding carboxylic acids is 1. The molecule has 3 aromatic rings. The number of aromatic nitrogens is 4. The van der Waals surface area contributed by atoms with Crippen molar-refractivity contribution in [3.8, 4) is 0 Å². The van der Waals surface area contributed by atoms with Crippen molar-refractivity contribution in [2.24, 2.45) is 0 Å². The van der Waals surface area contributed by atoms with E-state index in [0.29, 0.717) is 15.7 Å². The first-order valence-electron chi connectivity index (χ1n) is 8.56. The van der Waals surface area contributed by atoms with Crippen molar-refractivity contribution in [3.63, 3.8) is 0 Å². The fraction of sp³-hybridized carbons (Fsp3) is 0.412. The summed E-state index contributed by atoms with van der Waals surface area (Å²) in [6.07, 6.45) is 6.01. The van der Waals surface area contributed by atoms with Crippen LogP contribution in [0.2, 0.25) is 0 Å². The lowest BCUT2D eigenvalue weighted by Crippen LogP contribution is -2.13. The molecule has 0 bridgehead atoms. The number of H-pyrrole nitrogens is 1. The van der Waals surface area contributed by atoms with Crippen LogP contribution in [-0.4, -0.2) is 31.8 Å². The molecule has 0 unspecified atom stereocenters. The Labute approximate surface area is 157 Å². The van der Waals surface area contributed by atoms with E-state index < -0.39 is 0 Å². The molecule has 9 heteroatoms. The normalized spacial score (nSPS) is 15.5. The maximum atomic E-state index is 14.0. The molecule has 0 saturated heterocycles. The molecule has 26 heavy (non-hydrogen) atoms. The Balaban J connectivity index is 1.74. The second kappa shape index (κ2) is 7.32. The average molecular weight is 391 g/mol. The maximum Gasteiger partial charge on any atom is 0.270 e. The predicted octanol–water partition coefficient (Wildman–Crippen LogP) is 4.54. The number of fused-ring (bicyclic) bond motifs is 1. The van der Waals surface area contributed by atoms with Gasteiger partial charge in [0, 0.05) is 20.2 Å². The third kappa shape index (κ3) is 3.45. The van der Waals surface area contributed by atoms with Crippen LogP contribution < -0.4 is 5.32 Å². The van der Waals surface area contributed by atoms with Gasteiger partial charge in [-0.05, 0) is 42.7 Å². The predicted molar refractivity (Wildman–Crippen MR) is 101 cm³/mol. The van der Waals surface area contributed by atoms with Crippen LogP contribution in [0.1, 0.15) is 47.3 Å². The molecule has 2 aromatic heterocycles. The maximum absolute atomic E-state index is 14.0. The first-order chi connectivity index (χ1) is 12.6. The Kier molecular flexibility index (Phi) is 4.90. The minimum Gasteiger partial charge on any atom is -0.287 e. The molecule has 1 aromatic carbocycles. The number of thioether (sulfide) groups is 1. The molecule has 0 aliphatic heterocycles. The standard InChI is InChI=1S/C17H18FN5OS2/c1-9-7-11-13(8-12(9)18)26-15(16(24)19-17-20-22-23-21-17)14(11)25-10-5-3-2-4-6-10/h7-8,10H,2-6H2,1H3,(H2,19,20,21,22,23,24). The summed E-state index contributed by atoms with van der Waals surface area (Å²) in [5, 5.41) is 17.4. The fourth-order valence-corrected chi connectivity index (χ4v) is 5.92. The van der Waals surface area contributed by atoms with Crippen LogP contribution in [0.3, 0.4) is 0 Å². The molecule has 0 radical (unpaired) electrons. The van der Waals surface area contributed by atoms with E-state index in [-0.39, 0.29) is 17.7 Å². The van der Waals surface area contributed by atoms with Gasteiger partial charge in [-0.1, -0.05) is 24.4 Å². The number of hydrogen-bond acceptors (Lipinski definition) is 6. The minimum absolute atomic E-state index is 0.128. The van der Waals surface area contributed by atoms with Gasteiger partial charge in [0.1, 0.15) is 10.7 Å². The SMILES string of the molecule is Cc1cc2c(SC3CCCCC3)c(C(=O)Nc3nn[nH]n3)sc2cc1F. The van der Waals surface area contributed by atoms with E-state index >= 15 is 0 Å². The molecule has 136 valence electrons. The Morgan fingerprint density at radius 2 is 2.15 bits per heavy atom. The molecule has 1 fully saturated rings. The number of halogens is 1. The largest absolute Gasteiger partial charge is 0.287 e. The number of carbonyl (C=O) groups is 1. The van der Waals surface area contributed by atoms with Crippen molar-refractivity contribution in [2.75, 3.05) is 5.32 Å². The third-order valence-electron chi connectivity index (χ3n) is 4.54. The number of tetrazole rings is 1. The monoisotopic (exact) mass is 391 g/mol. The average Bonchev–Trinajstić information content (AvgIpc) is 3.25. The summed E-state index contributed by atoms with van der Waals surface area (Å²) >= 11 is 3.05. The molecule has 1 amide bonds. The van der Waals surface area contributed by atoms with Crippen molar-refractivity contribution >= 4 is 45.0 Å². The number of hydrogen-bond donors (Lipinski definition) is 2. The van der Waals surface area contributed by atoms with Gasteiger partial charge >= 0.3 is 0 Å². The molecule has 0 spiro atoms. The zero-order chi connectivity index (χ0) is 18.1. The van der Waals surface area contributed by atoms with Crippen molar-refractivity contribution in [3.05, 3.63) is 28.4 Å². The summed E-state index contributed by atoms with van der Waals surface area (Å²) in [5.41, 5.74) is 0.589. The van der Waals surface area contributed by atoms with E-state index in [2.05, 4.69) is 25.9 Å². The molecule has 1 aliphatic carbocycles. The van der Waals surface area contributed by atoms with Crippen LogP contribution in [0.15, 0.2) is 17.0 Å². The lowest BCUT2D eigenvalue weighted by atomic mass is 10.0. The zero-order valence-electron chi connectivity index (χ0n) is 14.2. The van der Waals surface area contributed by atoms with Crippen LogP contribution in [0.4, 0.5) is 10.3 Å². The molecule has 1 saturated carbocycles. The van der Waals surface area contributed by atoms with Gasteiger partial charge in [0.2, 0.25) is 0 Å². The van der Waals surface area contributed by atoms with Crippen molar-refractivity contribution in [1.82, 2.24) is 20.6 Å². The Hall–Kier alpha value is -2.00. The van der Waals surface area contributed by atoms with Crippen LogP contribution in [0, 0.1) is 12.7 Å². The van der Waals surface area contributed by atoms with Gasteiger partial charge in [-0.25, -0.2) is 4.39 Å². The van der Waals surface area contributed by atoms with Gasteiger partial charge in [0.25, 0.3) is 11.9 Å². The highest BCUT2D eigenvalue weighted by Crippen LogP contribution is 2.44. The van der Waals surface area contributed by atoms with Gasteiger partial charge in [-0.2, -0.15) is 5.21 Å². The van der Waals surface area contributed by atoms with Gasteiger partial charge < -0.3 is 0 Å². The molecule has 6 nitrogen and oxygen atoms in total. The third-order valence-corrected chi connectivity index (χ3v) is 7.28. The van der Waals surface area contributed by atoms with Crippen LogP contribution in [0.5, 0.6) is 0 Å². The number of benzene rings is 1. The van der Waals surface area contributed by atoms with Gasteiger partial charge in [-0.3, -0.25) is 10.1 Å². The summed E-state index contributed by atoms with van der Waals surface area (Å²) in [7, 11) is 0.